The average molecular weight is 1020 g/mol. The molecule has 0 amide bonds. The van der Waals surface area contributed by atoms with Gasteiger partial charge >= 0.3 is 22.7 Å². The molecule has 74 heavy (non-hydrogen) atoms. The first-order valence-corrected chi connectivity index (χ1v) is 21.1. The van der Waals surface area contributed by atoms with Crippen LogP contribution < -0.4 is 30.4 Å². The molecule has 8 aromatic rings. The fourth-order valence-corrected chi connectivity index (χ4v) is 5.78. The molecule has 0 atom stereocenters. The van der Waals surface area contributed by atoms with Crippen molar-refractivity contribution in [2.75, 3.05) is 11.5 Å². The summed E-state index contributed by atoms with van der Waals surface area (Å²) in [6, 6.07) is 23.8. The van der Waals surface area contributed by atoms with Gasteiger partial charge in [-0.1, -0.05) is 30.3 Å². The standard InChI is InChI=1S/C18H14N4O6.C18H18N4O2.C6H2F2N2O4.C6H7NO/c23-21(24)15-7-16(22(25)26)18(28-12-14-4-2-6-20-10-14)8-17(15)27-11-13-3-1-5-19-9-13;19-15-7-16(20)18(24-12-14-4-2-6-22-10-14)8-17(15)23-11-13-3-1-5-21-9-13;7-3-1-4(8)6(10(13)14)2-5(3)9(11)12;8-5-6-2-1-3-7-4-6/h1-10H,11-12H2;1-10H,11-12,19-20H2;1-2H;1-4,8H,5H2. The highest BCUT2D eigenvalue weighted by atomic mass is 19.1. The summed E-state index contributed by atoms with van der Waals surface area (Å²) in [6.07, 6.45) is 16.5. The summed E-state index contributed by atoms with van der Waals surface area (Å²) in [5.74, 6) is -2.12. The Labute approximate surface area is 417 Å². The molecule has 380 valence electrons. The van der Waals surface area contributed by atoms with Gasteiger partial charge in [0.15, 0.2) is 0 Å². The monoisotopic (exact) mass is 1020 g/mol. The van der Waals surface area contributed by atoms with E-state index in [1.165, 1.54) is 0 Å². The molecule has 5 aromatic heterocycles. The van der Waals surface area contributed by atoms with Crippen LogP contribution in [-0.2, 0) is 33.0 Å². The molecule has 0 spiro atoms. The van der Waals surface area contributed by atoms with Crippen LogP contribution in [0.3, 0.4) is 0 Å². The third kappa shape index (κ3) is 16.9. The van der Waals surface area contributed by atoms with E-state index in [2.05, 4.69) is 24.9 Å². The quantitative estimate of drug-likeness (QED) is 0.0436. The van der Waals surface area contributed by atoms with Gasteiger partial charge in [0.05, 0.1) is 37.7 Å². The molecule has 0 radical (unpaired) electrons. The van der Waals surface area contributed by atoms with Gasteiger partial charge in [-0.25, -0.2) is 0 Å². The van der Waals surface area contributed by atoms with E-state index in [0.717, 1.165) is 28.8 Å². The zero-order valence-corrected chi connectivity index (χ0v) is 38.3. The zero-order valence-electron chi connectivity index (χ0n) is 38.3. The molecule has 0 saturated heterocycles. The van der Waals surface area contributed by atoms with Gasteiger partial charge in [0.1, 0.15) is 50.1 Å². The van der Waals surface area contributed by atoms with Crippen molar-refractivity contribution >= 4 is 34.1 Å². The summed E-state index contributed by atoms with van der Waals surface area (Å²) in [5, 5.41) is 51.4. The number of benzene rings is 3. The van der Waals surface area contributed by atoms with E-state index in [-0.39, 0.29) is 43.5 Å². The molecule has 24 nitrogen and oxygen atoms in total. The number of nitrogens with two attached hydrogens (primary N) is 2. The lowest BCUT2D eigenvalue weighted by Gasteiger charge is -2.14. The Balaban J connectivity index is 0.000000198. The SMILES string of the molecule is Nc1cc(N)c(OCc2cccnc2)cc1OCc1cccnc1.O=[N+]([O-])c1cc([N+](=O)[O-])c(F)cc1F.O=[N+]([O-])c1cc([N+](=O)[O-])c(OCc2cccnc2)cc1OCc1cccnc1.OCc1cccnc1. The van der Waals surface area contributed by atoms with Crippen molar-refractivity contribution in [1.82, 2.24) is 24.9 Å². The highest BCUT2D eigenvalue weighted by molar-refractivity contribution is 5.67. The predicted octanol–water partition coefficient (Wildman–Crippen LogP) is 8.61. The molecule has 8 rings (SSSR count). The van der Waals surface area contributed by atoms with Gasteiger partial charge in [-0.3, -0.25) is 65.4 Å². The maximum Gasteiger partial charge on any atom is 0.318 e. The Kier molecular flexibility index (Phi) is 20.4. The summed E-state index contributed by atoms with van der Waals surface area (Å²) < 4.78 is 47.8. The summed E-state index contributed by atoms with van der Waals surface area (Å²) in [4.78, 5) is 58.9. The predicted molar refractivity (Wildman–Crippen MR) is 259 cm³/mol. The molecule has 0 aliphatic rings. The van der Waals surface area contributed by atoms with Gasteiger partial charge in [0.2, 0.25) is 23.1 Å². The molecule has 3 aromatic carbocycles. The second kappa shape index (κ2) is 27.7. The lowest BCUT2D eigenvalue weighted by atomic mass is 10.2. The maximum absolute atomic E-state index is 12.6. The van der Waals surface area contributed by atoms with Crippen molar-refractivity contribution in [3.8, 4) is 23.0 Å². The topological polar surface area (TPSA) is 346 Å². The summed E-state index contributed by atoms with van der Waals surface area (Å²) >= 11 is 0. The first kappa shape index (κ1) is 54.6. The number of nitro groups is 4. The highest BCUT2D eigenvalue weighted by Gasteiger charge is 2.27. The molecule has 0 aliphatic heterocycles. The van der Waals surface area contributed by atoms with E-state index in [1.807, 2.05) is 30.3 Å². The molecule has 0 aliphatic carbocycles. The third-order valence-electron chi connectivity index (χ3n) is 9.36. The number of anilines is 2. The molecular weight excluding hydrogens is 977 g/mol. The van der Waals surface area contributed by atoms with Gasteiger partial charge in [-0.15, -0.1) is 0 Å². The number of pyridine rings is 5. The van der Waals surface area contributed by atoms with Crippen molar-refractivity contribution in [1.29, 1.82) is 0 Å². The minimum Gasteiger partial charge on any atom is -0.487 e. The largest absolute Gasteiger partial charge is 0.487 e. The number of aliphatic hydroxyl groups is 1. The van der Waals surface area contributed by atoms with E-state index in [1.54, 1.807) is 104 Å². The number of nitrogens with zero attached hydrogens (tertiary/aromatic N) is 9. The lowest BCUT2D eigenvalue weighted by molar-refractivity contribution is -0.397. The highest BCUT2D eigenvalue weighted by Crippen LogP contribution is 2.40. The number of hydrogen-bond acceptors (Lipinski definition) is 20. The van der Waals surface area contributed by atoms with E-state index in [4.69, 9.17) is 35.5 Å². The molecule has 0 bridgehead atoms. The first-order valence-electron chi connectivity index (χ1n) is 21.1. The van der Waals surface area contributed by atoms with Crippen molar-refractivity contribution in [2.24, 2.45) is 0 Å². The van der Waals surface area contributed by atoms with Gasteiger partial charge in [0, 0.05) is 102 Å². The maximum atomic E-state index is 12.6. The number of halogens is 2. The van der Waals surface area contributed by atoms with E-state index in [0.29, 0.717) is 47.2 Å². The Hall–Kier alpha value is -10.4. The second-order valence-electron chi connectivity index (χ2n) is 14.6. The Morgan fingerprint density at radius 3 is 0.973 bits per heavy atom. The van der Waals surface area contributed by atoms with Gasteiger partial charge in [-0.05, 0) is 42.0 Å². The molecule has 26 heteroatoms. The van der Waals surface area contributed by atoms with E-state index in [9.17, 15) is 49.2 Å². The molecular formula is C48H41F2N11O13. The number of aromatic nitrogens is 5. The average Bonchev–Trinajstić information content (AvgIpc) is 3.40. The van der Waals surface area contributed by atoms with Crippen molar-refractivity contribution in [2.45, 2.75) is 33.0 Å². The van der Waals surface area contributed by atoms with Gasteiger partial charge in [0.25, 0.3) is 0 Å². The summed E-state index contributed by atoms with van der Waals surface area (Å²) in [7, 11) is 0. The second-order valence-corrected chi connectivity index (χ2v) is 14.6. The van der Waals surface area contributed by atoms with E-state index >= 15 is 0 Å². The lowest BCUT2D eigenvalue weighted by Crippen LogP contribution is -2.04. The van der Waals surface area contributed by atoms with Crippen LogP contribution in [0, 0.1) is 52.1 Å². The van der Waals surface area contributed by atoms with Crippen LogP contribution in [0.15, 0.2) is 159 Å². The smallest absolute Gasteiger partial charge is 0.318 e. The Morgan fingerprint density at radius 1 is 0.419 bits per heavy atom. The molecule has 0 fully saturated rings. The van der Waals surface area contributed by atoms with Crippen LogP contribution in [0.4, 0.5) is 42.9 Å². The first-order chi connectivity index (χ1) is 35.6. The van der Waals surface area contributed by atoms with Crippen LogP contribution in [0.25, 0.3) is 0 Å². The minimum atomic E-state index is -1.45. The number of nitrogen functional groups attached to an aromatic ring is 2. The summed E-state index contributed by atoms with van der Waals surface area (Å²) in [6.45, 7) is 0.824. The van der Waals surface area contributed by atoms with Gasteiger partial charge in [-0.2, -0.15) is 8.78 Å². The van der Waals surface area contributed by atoms with Crippen molar-refractivity contribution in [3.05, 3.63) is 239 Å². The number of rotatable bonds is 17. The van der Waals surface area contributed by atoms with Crippen LogP contribution in [0.5, 0.6) is 23.0 Å². The molecule has 5 heterocycles. The fraction of sp³-hybridized carbons (Fsp3) is 0.104. The normalized spacial score (nSPS) is 10.1. The van der Waals surface area contributed by atoms with Crippen LogP contribution in [0.1, 0.15) is 27.8 Å². The molecule has 0 unspecified atom stereocenters. The number of aliphatic hydroxyl groups excluding tert-OH is 1. The van der Waals surface area contributed by atoms with Gasteiger partial charge < -0.3 is 35.5 Å². The third-order valence-corrected chi connectivity index (χ3v) is 9.36. The number of ether oxygens (including phenoxy) is 4. The Morgan fingerprint density at radius 2 is 0.703 bits per heavy atom. The van der Waals surface area contributed by atoms with E-state index < -0.39 is 54.1 Å². The Bertz CT molecular complexity index is 2950. The van der Waals surface area contributed by atoms with Crippen molar-refractivity contribution in [3.63, 3.8) is 0 Å². The molecule has 5 N–H and O–H groups in total. The number of nitro benzene ring substituents is 4. The van der Waals surface area contributed by atoms with Crippen molar-refractivity contribution < 1.29 is 52.5 Å². The van der Waals surface area contributed by atoms with Crippen LogP contribution >= 0.6 is 0 Å². The fourth-order valence-electron chi connectivity index (χ4n) is 5.78. The minimum absolute atomic E-state index is 0.00847. The number of hydrogen-bond donors (Lipinski definition) is 3. The summed E-state index contributed by atoms with van der Waals surface area (Å²) in [5.41, 5.74) is 13.7. The van der Waals surface area contributed by atoms with Crippen LogP contribution in [0.2, 0.25) is 0 Å². The zero-order chi connectivity index (χ0) is 53.4. The molecule has 0 saturated carbocycles. The van der Waals surface area contributed by atoms with Crippen LogP contribution in [-0.4, -0.2) is 49.7 Å².